The van der Waals surface area contributed by atoms with Gasteiger partial charge in [-0.05, 0) is 69.6 Å². The van der Waals surface area contributed by atoms with E-state index in [-0.39, 0.29) is 5.91 Å². The van der Waals surface area contributed by atoms with Gasteiger partial charge in [0.25, 0.3) is 0 Å². The number of nitrogens with zero attached hydrogens (tertiary/aromatic N) is 1. The highest BCUT2D eigenvalue weighted by molar-refractivity contribution is 5.78. The summed E-state index contributed by atoms with van der Waals surface area (Å²) in [5, 5.41) is 6.21. The van der Waals surface area contributed by atoms with Crippen LogP contribution in [0.5, 0.6) is 11.5 Å². The third-order valence-electron chi connectivity index (χ3n) is 4.81. The molecule has 1 aliphatic heterocycles. The van der Waals surface area contributed by atoms with E-state index in [2.05, 4.69) is 15.5 Å². The summed E-state index contributed by atoms with van der Waals surface area (Å²) in [6.07, 6.45) is 3.60. The van der Waals surface area contributed by atoms with E-state index in [4.69, 9.17) is 9.47 Å². The zero-order chi connectivity index (χ0) is 18.1. The van der Waals surface area contributed by atoms with Crippen LogP contribution in [0.15, 0.2) is 18.2 Å². The fraction of sp³-hybridized carbons (Fsp3) is 0.632. The van der Waals surface area contributed by atoms with Crippen molar-refractivity contribution in [3.8, 4) is 11.5 Å². The van der Waals surface area contributed by atoms with E-state index in [0.29, 0.717) is 24.6 Å². The van der Waals surface area contributed by atoms with Crippen molar-refractivity contribution in [2.45, 2.75) is 25.8 Å². The number of ether oxygens (including phenoxy) is 2. The lowest BCUT2D eigenvalue weighted by Crippen LogP contribution is -2.41. The molecule has 25 heavy (non-hydrogen) atoms. The lowest BCUT2D eigenvalue weighted by atomic mass is 9.93. The van der Waals surface area contributed by atoms with E-state index in [1.165, 1.54) is 19.3 Å². The number of likely N-dealkylation sites (tertiary alicyclic amines) is 1. The molecule has 1 amide bonds. The van der Waals surface area contributed by atoms with Crippen LogP contribution in [-0.2, 0) is 11.3 Å². The number of nitrogens with one attached hydrogen (secondary N) is 2. The van der Waals surface area contributed by atoms with Gasteiger partial charge in [-0.1, -0.05) is 6.07 Å². The topological polar surface area (TPSA) is 62.8 Å². The number of carbonyl (C=O) groups excluding carboxylic acids is 1. The van der Waals surface area contributed by atoms with Crippen LogP contribution in [0.1, 0.15) is 24.8 Å². The lowest BCUT2D eigenvalue weighted by molar-refractivity contribution is -0.122. The van der Waals surface area contributed by atoms with Crippen LogP contribution in [0.2, 0.25) is 0 Å². The van der Waals surface area contributed by atoms with Gasteiger partial charge in [0.05, 0.1) is 20.8 Å². The van der Waals surface area contributed by atoms with Crippen molar-refractivity contribution in [1.29, 1.82) is 0 Å². The lowest BCUT2D eigenvalue weighted by Gasteiger charge is -2.31. The molecule has 2 N–H and O–H groups in total. The molecule has 1 aliphatic rings. The number of amides is 1. The highest BCUT2D eigenvalue weighted by Gasteiger charge is 2.20. The quantitative estimate of drug-likeness (QED) is 0.710. The molecule has 1 aromatic rings. The first-order valence-corrected chi connectivity index (χ1v) is 9.00. The SMILES string of the molecule is CNCCC1CCN(CC(=O)NCc2ccc(OC)c(OC)c2)CC1. The van der Waals surface area contributed by atoms with Gasteiger partial charge >= 0.3 is 0 Å². The van der Waals surface area contributed by atoms with Crippen molar-refractivity contribution in [3.63, 3.8) is 0 Å². The maximum absolute atomic E-state index is 12.2. The third-order valence-corrected chi connectivity index (χ3v) is 4.81. The van der Waals surface area contributed by atoms with Gasteiger partial charge in [0.1, 0.15) is 0 Å². The first-order valence-electron chi connectivity index (χ1n) is 9.00. The predicted molar refractivity (Wildman–Crippen MR) is 99.1 cm³/mol. The molecule has 0 aromatic heterocycles. The molecule has 1 saturated heterocycles. The molecular weight excluding hydrogens is 318 g/mol. The maximum atomic E-state index is 12.2. The van der Waals surface area contributed by atoms with Gasteiger partial charge in [0.15, 0.2) is 11.5 Å². The first-order chi connectivity index (χ1) is 12.2. The van der Waals surface area contributed by atoms with E-state index in [1.807, 2.05) is 25.2 Å². The summed E-state index contributed by atoms with van der Waals surface area (Å²) in [6, 6.07) is 5.69. The van der Waals surface area contributed by atoms with Crippen molar-refractivity contribution < 1.29 is 14.3 Å². The second-order valence-electron chi connectivity index (χ2n) is 6.58. The fourth-order valence-electron chi connectivity index (χ4n) is 3.23. The molecule has 1 fully saturated rings. The van der Waals surface area contributed by atoms with Crippen molar-refractivity contribution in [2.75, 3.05) is 47.4 Å². The Kier molecular flexibility index (Phi) is 8.01. The minimum absolute atomic E-state index is 0.0726. The number of hydrogen-bond donors (Lipinski definition) is 2. The number of methoxy groups -OCH3 is 2. The largest absolute Gasteiger partial charge is 0.493 e. The van der Waals surface area contributed by atoms with Crippen LogP contribution in [0.4, 0.5) is 0 Å². The average Bonchev–Trinajstić information content (AvgIpc) is 2.65. The molecule has 1 heterocycles. The summed E-state index contributed by atoms with van der Waals surface area (Å²) in [4.78, 5) is 14.4. The maximum Gasteiger partial charge on any atom is 0.234 e. The van der Waals surface area contributed by atoms with Crippen molar-refractivity contribution in [3.05, 3.63) is 23.8 Å². The molecule has 0 unspecified atom stereocenters. The van der Waals surface area contributed by atoms with Crippen LogP contribution >= 0.6 is 0 Å². The molecule has 0 saturated carbocycles. The van der Waals surface area contributed by atoms with Crippen molar-refractivity contribution in [2.24, 2.45) is 5.92 Å². The summed E-state index contributed by atoms with van der Waals surface area (Å²) >= 11 is 0. The Bertz CT molecular complexity index is 543. The van der Waals surface area contributed by atoms with E-state index >= 15 is 0 Å². The van der Waals surface area contributed by atoms with Gasteiger partial charge < -0.3 is 20.1 Å². The van der Waals surface area contributed by atoms with Gasteiger partial charge in [-0.3, -0.25) is 9.69 Å². The minimum atomic E-state index is 0.0726. The molecule has 0 spiro atoms. The molecule has 0 bridgehead atoms. The fourth-order valence-corrected chi connectivity index (χ4v) is 3.23. The molecule has 0 aliphatic carbocycles. The van der Waals surface area contributed by atoms with E-state index in [1.54, 1.807) is 14.2 Å². The normalized spacial score (nSPS) is 15.8. The number of piperidine rings is 1. The molecule has 0 atom stereocenters. The molecular formula is C19H31N3O3. The number of rotatable bonds is 9. The zero-order valence-corrected chi connectivity index (χ0v) is 15.6. The summed E-state index contributed by atoms with van der Waals surface area (Å²) in [5.41, 5.74) is 0.997. The average molecular weight is 349 g/mol. The Labute approximate surface area is 150 Å². The monoisotopic (exact) mass is 349 g/mol. The standard InChI is InChI=1S/C19H31N3O3/c1-20-9-6-15-7-10-22(11-8-15)14-19(23)21-13-16-4-5-17(24-2)18(12-16)25-3/h4-5,12,15,20H,6-11,13-14H2,1-3H3,(H,21,23). The zero-order valence-electron chi connectivity index (χ0n) is 15.6. The first kappa shape index (κ1) is 19.5. The van der Waals surface area contributed by atoms with Gasteiger partial charge in [0, 0.05) is 6.54 Å². The molecule has 140 valence electrons. The van der Waals surface area contributed by atoms with Crippen LogP contribution in [-0.4, -0.2) is 58.3 Å². The van der Waals surface area contributed by atoms with Gasteiger partial charge in [-0.25, -0.2) is 0 Å². The summed E-state index contributed by atoms with van der Waals surface area (Å²) in [5.74, 6) is 2.23. The van der Waals surface area contributed by atoms with Crippen molar-refractivity contribution >= 4 is 5.91 Å². The van der Waals surface area contributed by atoms with Gasteiger partial charge in [-0.15, -0.1) is 0 Å². The van der Waals surface area contributed by atoms with E-state index in [9.17, 15) is 4.79 Å². The number of carbonyl (C=O) groups is 1. The molecule has 6 heteroatoms. The Morgan fingerprint density at radius 2 is 1.92 bits per heavy atom. The van der Waals surface area contributed by atoms with Crippen LogP contribution in [0.3, 0.4) is 0 Å². The Hall–Kier alpha value is -1.79. The number of hydrogen-bond acceptors (Lipinski definition) is 5. The smallest absolute Gasteiger partial charge is 0.234 e. The summed E-state index contributed by atoms with van der Waals surface area (Å²) in [6.45, 7) is 4.08. The summed E-state index contributed by atoms with van der Waals surface area (Å²) in [7, 11) is 5.22. The Morgan fingerprint density at radius 3 is 2.56 bits per heavy atom. The van der Waals surface area contributed by atoms with Gasteiger partial charge in [-0.2, -0.15) is 0 Å². The predicted octanol–water partition coefficient (Wildman–Crippen LogP) is 1.64. The minimum Gasteiger partial charge on any atom is -0.493 e. The van der Waals surface area contributed by atoms with E-state index < -0.39 is 0 Å². The highest BCUT2D eigenvalue weighted by atomic mass is 16.5. The van der Waals surface area contributed by atoms with Crippen LogP contribution in [0.25, 0.3) is 0 Å². The van der Waals surface area contributed by atoms with E-state index in [0.717, 1.165) is 31.1 Å². The van der Waals surface area contributed by atoms with Crippen LogP contribution < -0.4 is 20.1 Å². The molecule has 6 nitrogen and oxygen atoms in total. The Balaban J connectivity index is 1.72. The molecule has 2 rings (SSSR count). The van der Waals surface area contributed by atoms with Gasteiger partial charge in [0.2, 0.25) is 5.91 Å². The molecule has 0 radical (unpaired) electrons. The highest BCUT2D eigenvalue weighted by Crippen LogP contribution is 2.27. The summed E-state index contributed by atoms with van der Waals surface area (Å²) < 4.78 is 10.5. The second-order valence-corrected chi connectivity index (χ2v) is 6.58. The second kappa shape index (κ2) is 10.3. The van der Waals surface area contributed by atoms with Crippen molar-refractivity contribution in [1.82, 2.24) is 15.5 Å². The molecule has 1 aromatic carbocycles. The van der Waals surface area contributed by atoms with Crippen LogP contribution in [0, 0.1) is 5.92 Å². The Morgan fingerprint density at radius 1 is 1.20 bits per heavy atom. The third kappa shape index (κ3) is 6.21. The number of benzene rings is 1.